The van der Waals surface area contributed by atoms with Crippen LogP contribution in [0.2, 0.25) is 0 Å². The molecule has 7 heteroatoms. The van der Waals surface area contributed by atoms with Crippen molar-refractivity contribution in [2.45, 2.75) is 32.0 Å². The summed E-state index contributed by atoms with van der Waals surface area (Å²) in [6.45, 7) is 1.81. The largest absolute Gasteiger partial charge is 0.479 e. The number of anilines is 1. The summed E-state index contributed by atoms with van der Waals surface area (Å²) < 4.78 is 6.02. The summed E-state index contributed by atoms with van der Waals surface area (Å²) in [6.07, 6.45) is -0.874. The molecule has 2 heterocycles. The Balaban J connectivity index is 1.98. The molecule has 1 fully saturated rings. The Labute approximate surface area is 118 Å². The third kappa shape index (κ3) is 3.30. The second kappa shape index (κ2) is 5.66. The number of ether oxygens (including phenoxy) is 1. The number of pyridine rings is 1. The quantitative estimate of drug-likeness (QED) is 0.882. The number of aryl methyl sites for hydroxylation is 1. The predicted molar refractivity (Wildman–Crippen MR) is 70.8 cm³/mol. The van der Waals surface area contributed by atoms with Crippen LogP contribution in [0.4, 0.5) is 5.82 Å². The van der Waals surface area contributed by atoms with E-state index in [1.807, 2.05) is 6.92 Å². The van der Waals surface area contributed by atoms with Gasteiger partial charge in [0.25, 0.3) is 5.91 Å². The van der Waals surface area contributed by atoms with E-state index in [1.54, 1.807) is 12.1 Å². The minimum Gasteiger partial charge on any atom is -0.479 e. The second-order valence-electron chi connectivity index (χ2n) is 4.28. The summed E-state index contributed by atoms with van der Waals surface area (Å²) in [5, 5.41) is 11.4. The van der Waals surface area contributed by atoms with Crippen molar-refractivity contribution in [3.8, 4) is 0 Å². The minimum absolute atomic E-state index is 0.347. The van der Waals surface area contributed by atoms with Gasteiger partial charge in [0.05, 0.1) is 5.69 Å². The van der Waals surface area contributed by atoms with Crippen molar-refractivity contribution in [3.05, 3.63) is 22.3 Å². The molecule has 19 heavy (non-hydrogen) atoms. The molecule has 2 atom stereocenters. The van der Waals surface area contributed by atoms with Gasteiger partial charge in [-0.1, -0.05) is 0 Å². The molecular weight excluding hydrogens is 316 g/mol. The molecule has 102 valence electrons. The lowest BCUT2D eigenvalue weighted by atomic mass is 10.2. The number of nitrogens with one attached hydrogen (secondary N) is 1. The van der Waals surface area contributed by atoms with E-state index in [-0.39, 0.29) is 5.91 Å². The number of amides is 1. The third-order valence-corrected chi connectivity index (χ3v) is 3.70. The summed E-state index contributed by atoms with van der Waals surface area (Å²) in [6, 6.07) is 3.45. The Kier molecular flexibility index (Phi) is 4.16. The number of rotatable bonds is 3. The molecule has 1 aliphatic heterocycles. The standard InChI is InChI=1S/C12H13BrN2O4/c1-6-7(13)2-5-10(14-6)15-11(16)8-3-4-9(19-8)12(17)18/h2,5,8-9H,3-4H2,1H3,(H,17,18)(H,14,15,16). The molecule has 0 bridgehead atoms. The first-order valence-electron chi connectivity index (χ1n) is 5.79. The van der Waals surface area contributed by atoms with E-state index >= 15 is 0 Å². The number of halogens is 1. The van der Waals surface area contributed by atoms with Gasteiger partial charge >= 0.3 is 5.97 Å². The van der Waals surface area contributed by atoms with Crippen LogP contribution in [-0.4, -0.2) is 34.2 Å². The van der Waals surface area contributed by atoms with Gasteiger partial charge in [-0.3, -0.25) is 4.79 Å². The first kappa shape index (κ1) is 14.0. The Morgan fingerprint density at radius 3 is 2.68 bits per heavy atom. The van der Waals surface area contributed by atoms with Crippen molar-refractivity contribution in [1.82, 2.24) is 4.98 Å². The zero-order valence-electron chi connectivity index (χ0n) is 10.2. The van der Waals surface area contributed by atoms with Gasteiger partial charge in [0, 0.05) is 4.47 Å². The number of aromatic nitrogens is 1. The zero-order valence-corrected chi connectivity index (χ0v) is 11.8. The smallest absolute Gasteiger partial charge is 0.332 e. The van der Waals surface area contributed by atoms with E-state index in [4.69, 9.17) is 9.84 Å². The number of carbonyl (C=O) groups is 2. The van der Waals surface area contributed by atoms with Gasteiger partial charge in [-0.05, 0) is 47.8 Å². The van der Waals surface area contributed by atoms with Crippen LogP contribution >= 0.6 is 15.9 Å². The molecule has 0 aromatic carbocycles. The Morgan fingerprint density at radius 2 is 2.11 bits per heavy atom. The molecule has 6 nitrogen and oxygen atoms in total. The van der Waals surface area contributed by atoms with Crippen molar-refractivity contribution >= 4 is 33.6 Å². The number of aliphatic carboxylic acids is 1. The van der Waals surface area contributed by atoms with Crippen LogP contribution in [0.5, 0.6) is 0 Å². The maximum Gasteiger partial charge on any atom is 0.332 e. The summed E-state index contributed by atoms with van der Waals surface area (Å²) in [5.74, 6) is -0.973. The van der Waals surface area contributed by atoms with Crippen LogP contribution < -0.4 is 5.32 Å². The highest BCUT2D eigenvalue weighted by atomic mass is 79.9. The monoisotopic (exact) mass is 328 g/mol. The van der Waals surface area contributed by atoms with E-state index in [0.29, 0.717) is 18.7 Å². The molecule has 0 spiro atoms. The molecule has 1 aromatic heterocycles. The summed E-state index contributed by atoms with van der Waals surface area (Å²) in [5.41, 5.74) is 0.758. The Morgan fingerprint density at radius 1 is 1.42 bits per heavy atom. The Hall–Kier alpha value is -1.47. The first-order valence-corrected chi connectivity index (χ1v) is 6.59. The van der Waals surface area contributed by atoms with Crippen molar-refractivity contribution in [2.24, 2.45) is 0 Å². The van der Waals surface area contributed by atoms with E-state index in [9.17, 15) is 9.59 Å². The maximum atomic E-state index is 11.9. The molecule has 1 aliphatic rings. The van der Waals surface area contributed by atoms with Crippen LogP contribution in [0, 0.1) is 6.92 Å². The number of carbonyl (C=O) groups excluding carboxylic acids is 1. The molecule has 0 radical (unpaired) electrons. The van der Waals surface area contributed by atoms with Gasteiger partial charge in [-0.15, -0.1) is 0 Å². The topological polar surface area (TPSA) is 88.5 Å². The fourth-order valence-electron chi connectivity index (χ4n) is 1.83. The lowest BCUT2D eigenvalue weighted by molar-refractivity contribution is -0.150. The molecule has 1 saturated heterocycles. The molecule has 2 unspecified atom stereocenters. The van der Waals surface area contributed by atoms with Crippen molar-refractivity contribution in [1.29, 1.82) is 0 Å². The van der Waals surface area contributed by atoms with Gasteiger partial charge in [0.15, 0.2) is 6.10 Å². The minimum atomic E-state index is -1.03. The second-order valence-corrected chi connectivity index (χ2v) is 5.14. The van der Waals surface area contributed by atoms with Crippen molar-refractivity contribution < 1.29 is 19.4 Å². The lowest BCUT2D eigenvalue weighted by Gasteiger charge is -2.11. The zero-order chi connectivity index (χ0) is 14.0. The average molecular weight is 329 g/mol. The third-order valence-electron chi connectivity index (χ3n) is 2.86. The summed E-state index contributed by atoms with van der Waals surface area (Å²) in [4.78, 5) is 26.8. The number of hydrogen-bond acceptors (Lipinski definition) is 4. The normalized spacial score (nSPS) is 22.2. The molecular formula is C12H13BrN2O4. The van der Waals surface area contributed by atoms with E-state index in [1.165, 1.54) is 0 Å². The van der Waals surface area contributed by atoms with E-state index in [2.05, 4.69) is 26.2 Å². The van der Waals surface area contributed by atoms with Crippen LogP contribution in [0.15, 0.2) is 16.6 Å². The molecule has 1 aromatic rings. The van der Waals surface area contributed by atoms with Crippen molar-refractivity contribution in [2.75, 3.05) is 5.32 Å². The number of hydrogen-bond donors (Lipinski definition) is 2. The summed E-state index contributed by atoms with van der Waals surface area (Å²) >= 11 is 3.32. The van der Waals surface area contributed by atoms with Crippen LogP contribution in [-0.2, 0) is 14.3 Å². The fourth-order valence-corrected chi connectivity index (χ4v) is 2.05. The van der Waals surface area contributed by atoms with Gasteiger partial charge in [0.1, 0.15) is 11.9 Å². The van der Waals surface area contributed by atoms with Crippen LogP contribution in [0.3, 0.4) is 0 Å². The van der Waals surface area contributed by atoms with Crippen molar-refractivity contribution in [3.63, 3.8) is 0 Å². The molecule has 2 rings (SSSR count). The molecule has 0 aliphatic carbocycles. The lowest BCUT2D eigenvalue weighted by Crippen LogP contribution is -2.30. The van der Waals surface area contributed by atoms with Crippen LogP contribution in [0.25, 0.3) is 0 Å². The number of carboxylic acids is 1. The van der Waals surface area contributed by atoms with Crippen LogP contribution in [0.1, 0.15) is 18.5 Å². The van der Waals surface area contributed by atoms with E-state index in [0.717, 1.165) is 10.2 Å². The van der Waals surface area contributed by atoms with E-state index < -0.39 is 18.2 Å². The van der Waals surface area contributed by atoms with Gasteiger partial charge in [-0.2, -0.15) is 0 Å². The highest BCUT2D eigenvalue weighted by Gasteiger charge is 2.34. The molecule has 0 saturated carbocycles. The van der Waals surface area contributed by atoms with Gasteiger partial charge < -0.3 is 15.2 Å². The first-order chi connectivity index (χ1) is 8.97. The molecule has 1 amide bonds. The number of nitrogens with zero attached hydrogens (tertiary/aromatic N) is 1. The fraction of sp³-hybridized carbons (Fsp3) is 0.417. The average Bonchev–Trinajstić information content (AvgIpc) is 2.83. The molecule has 2 N–H and O–H groups in total. The van der Waals surface area contributed by atoms with Gasteiger partial charge in [-0.25, -0.2) is 9.78 Å². The highest BCUT2D eigenvalue weighted by Crippen LogP contribution is 2.22. The highest BCUT2D eigenvalue weighted by molar-refractivity contribution is 9.10. The number of carboxylic acid groups (broad SMARTS) is 1. The maximum absolute atomic E-state index is 11.9. The Bertz CT molecular complexity index is 520. The SMILES string of the molecule is Cc1nc(NC(=O)C2CCC(C(=O)O)O2)ccc1Br. The van der Waals surface area contributed by atoms with Gasteiger partial charge in [0.2, 0.25) is 0 Å². The summed E-state index contributed by atoms with van der Waals surface area (Å²) in [7, 11) is 0. The predicted octanol–water partition coefficient (Wildman–Crippen LogP) is 1.72.